The van der Waals surface area contributed by atoms with Crippen molar-refractivity contribution < 1.29 is 29.1 Å². The Morgan fingerprint density at radius 3 is 2.51 bits per heavy atom. The number of nitrogens with zero attached hydrogens (tertiary/aromatic N) is 1. The van der Waals surface area contributed by atoms with Crippen molar-refractivity contribution in [2.24, 2.45) is 35.0 Å². The average molecular weight is 512 g/mol. The number of amides is 1. The van der Waals surface area contributed by atoms with Gasteiger partial charge in [0.05, 0.1) is 0 Å². The highest BCUT2D eigenvalue weighted by molar-refractivity contribution is 5.91. The Morgan fingerprint density at radius 1 is 1.08 bits per heavy atom. The lowest BCUT2D eigenvalue weighted by Gasteiger charge is -2.51. The first-order valence-corrected chi connectivity index (χ1v) is 14.2. The molecule has 1 aromatic rings. The number of rotatable bonds is 5. The third-order valence-electron chi connectivity index (χ3n) is 10.4. The molecular weight excluding hydrogens is 470 g/mol. The number of hydrogen-bond donors (Lipinski definition) is 1. The predicted octanol–water partition coefficient (Wildman–Crippen LogP) is 5.70. The summed E-state index contributed by atoms with van der Waals surface area (Å²) in [5.41, 5.74) is 0.884. The molecule has 37 heavy (non-hydrogen) atoms. The molecule has 6 rings (SSSR count). The third-order valence-corrected chi connectivity index (χ3v) is 10.4. The van der Waals surface area contributed by atoms with Gasteiger partial charge in [0.25, 0.3) is 0 Å². The van der Waals surface area contributed by atoms with Crippen LogP contribution >= 0.6 is 0 Å². The van der Waals surface area contributed by atoms with Gasteiger partial charge in [-0.1, -0.05) is 39.3 Å². The van der Waals surface area contributed by atoms with Crippen molar-refractivity contribution >= 4 is 12.0 Å². The lowest BCUT2D eigenvalue weighted by atomic mass is 9.58. The number of ether oxygens (including phenoxy) is 3. The summed E-state index contributed by atoms with van der Waals surface area (Å²) in [6.07, 6.45) is 9.15. The first-order chi connectivity index (χ1) is 17.7. The zero-order valence-electron chi connectivity index (χ0n) is 22.5. The lowest BCUT2D eigenvalue weighted by Crippen LogP contribution is -2.55. The summed E-state index contributed by atoms with van der Waals surface area (Å²) in [6.45, 7) is 10.4. The summed E-state index contributed by atoms with van der Waals surface area (Å²) in [4.78, 5) is 19.1. The SMILES string of the molecule is C[C@H]1[C@@H](Oc2ccc(/C=C/C(=O)N3CCCC3)cc2)OC23O[C@](C)(OO)CC[C@H]4[C@H](C)CC[C@@H]1[C@]42[C@H]3C. The van der Waals surface area contributed by atoms with E-state index in [0.29, 0.717) is 24.2 Å². The molecule has 9 atom stereocenters. The van der Waals surface area contributed by atoms with Gasteiger partial charge < -0.3 is 19.1 Å². The second-order valence-electron chi connectivity index (χ2n) is 12.4. The Bertz CT molecular complexity index is 1050. The van der Waals surface area contributed by atoms with Crippen molar-refractivity contribution in [3.8, 4) is 5.75 Å². The van der Waals surface area contributed by atoms with E-state index in [4.69, 9.17) is 19.1 Å². The van der Waals surface area contributed by atoms with E-state index in [1.54, 1.807) is 6.08 Å². The van der Waals surface area contributed by atoms with Gasteiger partial charge in [0.1, 0.15) is 5.75 Å². The van der Waals surface area contributed by atoms with E-state index in [9.17, 15) is 10.1 Å². The first-order valence-electron chi connectivity index (χ1n) is 14.2. The summed E-state index contributed by atoms with van der Waals surface area (Å²) in [7, 11) is 0. The van der Waals surface area contributed by atoms with E-state index in [-0.39, 0.29) is 23.2 Å². The Balaban J connectivity index is 1.21. The number of carbonyl (C=O) groups is 1. The number of likely N-dealkylation sites (tertiary alicyclic amines) is 1. The molecular formula is C30H41NO6. The Hall–Kier alpha value is -1.93. The normalized spacial score (nSPS) is 44.7. The molecule has 2 aliphatic carbocycles. The van der Waals surface area contributed by atoms with E-state index in [1.165, 1.54) is 6.42 Å². The van der Waals surface area contributed by atoms with Crippen LogP contribution in [0.25, 0.3) is 6.08 Å². The van der Waals surface area contributed by atoms with Gasteiger partial charge in [-0.15, -0.1) is 0 Å². The predicted molar refractivity (Wildman–Crippen MR) is 138 cm³/mol. The van der Waals surface area contributed by atoms with Crippen LogP contribution in [0.5, 0.6) is 5.75 Å². The highest BCUT2D eigenvalue weighted by Crippen LogP contribution is 2.81. The van der Waals surface area contributed by atoms with E-state index in [2.05, 4.69) is 20.8 Å². The largest absolute Gasteiger partial charge is 0.465 e. The minimum Gasteiger partial charge on any atom is -0.465 e. The van der Waals surface area contributed by atoms with Crippen LogP contribution in [0, 0.1) is 35.0 Å². The lowest BCUT2D eigenvalue weighted by molar-refractivity contribution is -0.448. The molecule has 5 aliphatic rings. The third kappa shape index (κ3) is 3.80. The van der Waals surface area contributed by atoms with Crippen molar-refractivity contribution in [3.63, 3.8) is 0 Å². The van der Waals surface area contributed by atoms with Crippen LogP contribution in [0.2, 0.25) is 0 Å². The highest BCUT2D eigenvalue weighted by atomic mass is 17.2. The molecule has 0 radical (unpaired) electrons. The zero-order chi connectivity index (χ0) is 26.0. The Morgan fingerprint density at radius 2 is 1.81 bits per heavy atom. The molecule has 1 amide bonds. The quantitative estimate of drug-likeness (QED) is 0.310. The molecule has 7 nitrogen and oxygen atoms in total. The van der Waals surface area contributed by atoms with Crippen LogP contribution in [0.1, 0.15) is 71.8 Å². The van der Waals surface area contributed by atoms with Crippen molar-refractivity contribution in [2.75, 3.05) is 13.1 Å². The topological polar surface area (TPSA) is 77.5 Å². The maximum atomic E-state index is 12.3. The monoisotopic (exact) mass is 511 g/mol. The van der Waals surface area contributed by atoms with Gasteiger partial charge in [0, 0.05) is 42.8 Å². The standard InChI is InChI=1S/C30H41NO6/c1-19-7-13-25-20(2)27(35-30-21(3)29(25,30)24(19)15-16-28(4,36-30)37-33)34-23-11-8-22(9-12-23)10-14-26(32)31-17-5-6-18-31/h8-12,14,19-21,24-25,27,33H,5-7,13,15-18H2,1-4H3/b14-10+/t19-,20-,21-,24+,25+,27+,28-,29+,30?/m1/s1. The van der Waals surface area contributed by atoms with Gasteiger partial charge in [-0.05, 0) is 74.1 Å². The zero-order valence-corrected chi connectivity index (χ0v) is 22.5. The number of carbonyl (C=O) groups excluding carboxylic acids is 1. The Labute approximate surface area is 220 Å². The smallest absolute Gasteiger partial charge is 0.246 e. The second-order valence-corrected chi connectivity index (χ2v) is 12.4. The molecule has 1 N–H and O–H groups in total. The molecule has 2 saturated carbocycles. The average Bonchev–Trinajstić information content (AvgIpc) is 3.20. The van der Waals surface area contributed by atoms with E-state index < -0.39 is 17.9 Å². The van der Waals surface area contributed by atoms with Crippen LogP contribution < -0.4 is 4.74 Å². The summed E-state index contributed by atoms with van der Waals surface area (Å²) in [6, 6.07) is 7.81. The summed E-state index contributed by atoms with van der Waals surface area (Å²) in [5, 5.41) is 9.77. The van der Waals surface area contributed by atoms with Crippen molar-refractivity contribution in [1.82, 2.24) is 4.90 Å². The van der Waals surface area contributed by atoms with Crippen LogP contribution in [0.4, 0.5) is 0 Å². The molecule has 1 spiro atoms. The minimum absolute atomic E-state index is 0.0727. The second kappa shape index (κ2) is 9.08. The molecule has 0 bridgehead atoms. The summed E-state index contributed by atoms with van der Waals surface area (Å²) in [5.74, 6) is 0.761. The highest BCUT2D eigenvalue weighted by Gasteiger charge is 2.88. The fraction of sp³-hybridized carbons (Fsp3) is 0.700. The Kier molecular flexibility index (Phi) is 6.22. The molecule has 202 valence electrons. The van der Waals surface area contributed by atoms with Gasteiger partial charge in [0.15, 0.2) is 5.79 Å². The van der Waals surface area contributed by atoms with Crippen LogP contribution in [-0.2, 0) is 19.2 Å². The fourth-order valence-electron chi connectivity index (χ4n) is 8.52. The maximum Gasteiger partial charge on any atom is 0.246 e. The van der Waals surface area contributed by atoms with E-state index in [1.807, 2.05) is 42.2 Å². The van der Waals surface area contributed by atoms with E-state index >= 15 is 0 Å². The van der Waals surface area contributed by atoms with Crippen molar-refractivity contribution in [2.45, 2.75) is 84.1 Å². The van der Waals surface area contributed by atoms with Crippen molar-refractivity contribution in [1.29, 1.82) is 0 Å². The fourth-order valence-corrected chi connectivity index (χ4v) is 8.52. The van der Waals surface area contributed by atoms with Gasteiger partial charge in [-0.25, -0.2) is 10.1 Å². The maximum absolute atomic E-state index is 12.3. The van der Waals surface area contributed by atoms with Gasteiger partial charge in [-0.2, -0.15) is 0 Å². The van der Waals surface area contributed by atoms with Gasteiger partial charge in [0.2, 0.25) is 18.0 Å². The molecule has 7 heteroatoms. The van der Waals surface area contributed by atoms with Crippen LogP contribution in [0.15, 0.2) is 30.3 Å². The molecule has 1 aromatic carbocycles. The number of hydrogen-bond acceptors (Lipinski definition) is 6. The van der Waals surface area contributed by atoms with E-state index in [0.717, 1.165) is 50.1 Å². The molecule has 3 aliphatic heterocycles. The molecule has 3 heterocycles. The summed E-state index contributed by atoms with van der Waals surface area (Å²) >= 11 is 0. The van der Waals surface area contributed by atoms with Crippen LogP contribution in [-0.4, -0.2) is 47.0 Å². The van der Waals surface area contributed by atoms with Gasteiger partial charge in [-0.3, -0.25) is 4.79 Å². The van der Waals surface area contributed by atoms with Gasteiger partial charge >= 0.3 is 0 Å². The van der Waals surface area contributed by atoms with Crippen molar-refractivity contribution in [3.05, 3.63) is 35.9 Å². The molecule has 5 fully saturated rings. The van der Waals surface area contributed by atoms with Crippen LogP contribution in [0.3, 0.4) is 0 Å². The number of benzene rings is 1. The first kappa shape index (κ1) is 25.4. The summed E-state index contributed by atoms with van der Waals surface area (Å²) < 4.78 is 19.9. The minimum atomic E-state index is -1.09. The molecule has 0 aromatic heterocycles. The molecule has 1 unspecified atom stereocenters. The molecule has 3 saturated heterocycles.